The number of carboxylic acids is 1. The second kappa shape index (κ2) is 4.89. The van der Waals surface area contributed by atoms with E-state index >= 15 is 0 Å². The summed E-state index contributed by atoms with van der Waals surface area (Å²) in [4.78, 5) is 13.1. The van der Waals surface area contributed by atoms with Gasteiger partial charge in [-0.2, -0.15) is 0 Å². The van der Waals surface area contributed by atoms with Crippen LogP contribution >= 0.6 is 0 Å². The Balaban J connectivity index is 2.00. The van der Waals surface area contributed by atoms with Crippen molar-refractivity contribution < 1.29 is 19.1 Å². The Kier molecular flexibility index (Phi) is 3.49. The van der Waals surface area contributed by atoms with Crippen molar-refractivity contribution in [2.45, 2.75) is 26.0 Å². The topological polar surface area (TPSA) is 62.9 Å². The zero-order valence-electron chi connectivity index (χ0n) is 10.1. The van der Waals surface area contributed by atoms with Gasteiger partial charge in [0.05, 0.1) is 12.6 Å². The van der Waals surface area contributed by atoms with E-state index in [4.69, 9.17) is 14.3 Å². The van der Waals surface area contributed by atoms with Gasteiger partial charge < -0.3 is 14.3 Å². The molecule has 1 atom stereocenters. The van der Waals surface area contributed by atoms with Gasteiger partial charge in [-0.25, -0.2) is 4.79 Å². The van der Waals surface area contributed by atoms with Gasteiger partial charge in [0.2, 0.25) is 0 Å². The van der Waals surface area contributed by atoms with Gasteiger partial charge in [0, 0.05) is 20.2 Å². The van der Waals surface area contributed by atoms with Crippen molar-refractivity contribution in [1.82, 2.24) is 4.90 Å². The van der Waals surface area contributed by atoms with Crippen LogP contribution in [0, 0.1) is 6.92 Å². The molecule has 1 aliphatic rings. The molecule has 1 saturated heterocycles. The van der Waals surface area contributed by atoms with Crippen LogP contribution in [0.15, 0.2) is 10.5 Å². The summed E-state index contributed by atoms with van der Waals surface area (Å²) in [5.74, 6) is 0.236. The largest absolute Gasteiger partial charge is 0.478 e. The SMILES string of the molecule is COC1CCN(Cc2cc(C(=O)O)c(C)o2)C1. The molecular weight excluding hydrogens is 222 g/mol. The molecule has 1 N–H and O–H groups in total. The van der Waals surface area contributed by atoms with E-state index in [0.29, 0.717) is 18.1 Å². The van der Waals surface area contributed by atoms with E-state index in [9.17, 15) is 4.79 Å². The number of carbonyl (C=O) groups is 1. The fraction of sp³-hybridized carbons (Fsp3) is 0.583. The lowest BCUT2D eigenvalue weighted by Crippen LogP contribution is -2.22. The fourth-order valence-corrected chi connectivity index (χ4v) is 2.19. The van der Waals surface area contributed by atoms with Gasteiger partial charge in [0.15, 0.2) is 0 Å². The van der Waals surface area contributed by atoms with Gasteiger partial charge in [0.1, 0.15) is 17.1 Å². The number of hydrogen-bond donors (Lipinski definition) is 1. The lowest BCUT2D eigenvalue weighted by molar-refractivity contribution is 0.0695. The molecule has 5 nitrogen and oxygen atoms in total. The first-order valence-corrected chi connectivity index (χ1v) is 5.68. The van der Waals surface area contributed by atoms with E-state index in [0.717, 1.165) is 19.5 Å². The molecule has 94 valence electrons. The van der Waals surface area contributed by atoms with E-state index in [-0.39, 0.29) is 11.7 Å². The van der Waals surface area contributed by atoms with Gasteiger partial charge in [-0.3, -0.25) is 4.90 Å². The van der Waals surface area contributed by atoms with Gasteiger partial charge in [-0.1, -0.05) is 0 Å². The smallest absolute Gasteiger partial charge is 0.339 e. The van der Waals surface area contributed by atoms with Gasteiger partial charge in [0.25, 0.3) is 0 Å². The standard InChI is InChI=1S/C12H17NO4/c1-8-11(12(14)15)5-10(17-8)7-13-4-3-9(6-13)16-2/h5,9H,3-4,6-7H2,1-2H3,(H,14,15). The van der Waals surface area contributed by atoms with Gasteiger partial charge >= 0.3 is 5.97 Å². The number of rotatable bonds is 4. The number of furan rings is 1. The van der Waals surface area contributed by atoms with E-state index in [2.05, 4.69) is 4.90 Å². The summed E-state index contributed by atoms with van der Waals surface area (Å²) < 4.78 is 10.7. The molecule has 1 unspecified atom stereocenters. The predicted molar refractivity (Wildman–Crippen MR) is 61.1 cm³/mol. The number of likely N-dealkylation sites (tertiary alicyclic amines) is 1. The van der Waals surface area contributed by atoms with Crippen molar-refractivity contribution >= 4 is 5.97 Å². The average molecular weight is 239 g/mol. The maximum atomic E-state index is 10.9. The highest BCUT2D eigenvalue weighted by molar-refractivity contribution is 5.88. The number of aromatic carboxylic acids is 1. The lowest BCUT2D eigenvalue weighted by Gasteiger charge is -2.13. The lowest BCUT2D eigenvalue weighted by atomic mass is 10.2. The Hall–Kier alpha value is -1.33. The second-order valence-corrected chi connectivity index (χ2v) is 4.37. The number of carboxylic acid groups (broad SMARTS) is 1. The number of methoxy groups -OCH3 is 1. The molecular formula is C12H17NO4. The fourth-order valence-electron chi connectivity index (χ4n) is 2.19. The molecule has 17 heavy (non-hydrogen) atoms. The van der Waals surface area contributed by atoms with Crippen LogP contribution in [0.3, 0.4) is 0 Å². The van der Waals surface area contributed by atoms with E-state index in [1.165, 1.54) is 0 Å². The predicted octanol–water partition coefficient (Wildman–Crippen LogP) is 1.51. The quantitative estimate of drug-likeness (QED) is 0.862. The van der Waals surface area contributed by atoms with Crippen LogP contribution in [0.1, 0.15) is 28.3 Å². The molecule has 2 rings (SSSR count). The molecule has 0 amide bonds. The molecule has 0 saturated carbocycles. The summed E-state index contributed by atoms with van der Waals surface area (Å²) in [5.41, 5.74) is 0.252. The summed E-state index contributed by atoms with van der Waals surface area (Å²) in [6.07, 6.45) is 1.30. The Labute approximate surface area is 100.0 Å². The summed E-state index contributed by atoms with van der Waals surface area (Å²) in [6, 6.07) is 1.61. The Morgan fingerprint density at radius 1 is 1.71 bits per heavy atom. The molecule has 5 heteroatoms. The normalized spacial score (nSPS) is 20.9. The molecule has 2 heterocycles. The first-order valence-electron chi connectivity index (χ1n) is 5.68. The first-order chi connectivity index (χ1) is 8.10. The van der Waals surface area contributed by atoms with E-state index in [1.54, 1.807) is 20.1 Å². The van der Waals surface area contributed by atoms with E-state index < -0.39 is 5.97 Å². The number of nitrogens with zero attached hydrogens (tertiary/aromatic N) is 1. The van der Waals surface area contributed by atoms with Crippen LogP contribution in [0.2, 0.25) is 0 Å². The third-order valence-electron chi connectivity index (χ3n) is 3.14. The minimum Gasteiger partial charge on any atom is -0.478 e. The molecule has 0 radical (unpaired) electrons. The Morgan fingerprint density at radius 3 is 3.00 bits per heavy atom. The maximum absolute atomic E-state index is 10.9. The molecule has 0 aliphatic carbocycles. The van der Waals surface area contributed by atoms with Crippen molar-refractivity contribution in [3.05, 3.63) is 23.2 Å². The molecule has 1 fully saturated rings. The molecule has 0 bridgehead atoms. The summed E-state index contributed by atoms with van der Waals surface area (Å²) >= 11 is 0. The molecule has 0 aromatic carbocycles. The summed E-state index contributed by atoms with van der Waals surface area (Å²) in [6.45, 7) is 4.15. The number of aryl methyl sites for hydroxylation is 1. The summed E-state index contributed by atoms with van der Waals surface area (Å²) in [7, 11) is 1.72. The van der Waals surface area contributed by atoms with E-state index in [1.807, 2.05) is 0 Å². The zero-order valence-corrected chi connectivity index (χ0v) is 10.1. The summed E-state index contributed by atoms with van der Waals surface area (Å²) in [5, 5.41) is 8.93. The van der Waals surface area contributed by atoms with Crippen LogP contribution < -0.4 is 0 Å². The van der Waals surface area contributed by atoms with Gasteiger partial charge in [-0.05, 0) is 19.4 Å². The van der Waals surface area contributed by atoms with Crippen LogP contribution in [0.25, 0.3) is 0 Å². The molecule has 1 aromatic heterocycles. The molecule has 1 aliphatic heterocycles. The molecule has 1 aromatic rings. The average Bonchev–Trinajstić information content (AvgIpc) is 2.85. The van der Waals surface area contributed by atoms with Crippen LogP contribution in [-0.4, -0.2) is 42.3 Å². The van der Waals surface area contributed by atoms with Crippen molar-refractivity contribution in [3.8, 4) is 0 Å². The van der Waals surface area contributed by atoms with Crippen molar-refractivity contribution in [2.75, 3.05) is 20.2 Å². The zero-order chi connectivity index (χ0) is 12.4. The van der Waals surface area contributed by atoms with Crippen LogP contribution in [0.4, 0.5) is 0 Å². The Morgan fingerprint density at radius 2 is 2.47 bits per heavy atom. The highest BCUT2D eigenvalue weighted by atomic mass is 16.5. The molecule has 0 spiro atoms. The van der Waals surface area contributed by atoms with Crippen LogP contribution in [-0.2, 0) is 11.3 Å². The third kappa shape index (κ3) is 2.68. The third-order valence-corrected chi connectivity index (χ3v) is 3.14. The minimum atomic E-state index is -0.936. The second-order valence-electron chi connectivity index (χ2n) is 4.37. The van der Waals surface area contributed by atoms with Gasteiger partial charge in [-0.15, -0.1) is 0 Å². The van der Waals surface area contributed by atoms with Crippen molar-refractivity contribution in [2.24, 2.45) is 0 Å². The van der Waals surface area contributed by atoms with Crippen molar-refractivity contribution in [1.29, 1.82) is 0 Å². The number of hydrogen-bond acceptors (Lipinski definition) is 4. The maximum Gasteiger partial charge on any atom is 0.339 e. The van der Waals surface area contributed by atoms with Crippen LogP contribution in [0.5, 0.6) is 0 Å². The first kappa shape index (κ1) is 12.1. The monoisotopic (exact) mass is 239 g/mol. The highest BCUT2D eigenvalue weighted by Crippen LogP contribution is 2.19. The Bertz CT molecular complexity index is 413. The minimum absolute atomic E-state index is 0.252. The highest BCUT2D eigenvalue weighted by Gasteiger charge is 2.23. The number of ether oxygens (including phenoxy) is 1. The van der Waals surface area contributed by atoms with Crippen molar-refractivity contribution in [3.63, 3.8) is 0 Å².